The zero-order chi connectivity index (χ0) is 17.2. The SMILES string of the molecule is Cc1cc(C)cc(C2=CCN(C(=O)C3(C#N)CCOCC3)CC2)c1. The first kappa shape index (κ1) is 16.7. The molecule has 126 valence electrons. The number of ether oxygens (including phenoxy) is 1. The average molecular weight is 324 g/mol. The van der Waals surface area contributed by atoms with Gasteiger partial charge in [-0.05, 0) is 44.2 Å². The minimum Gasteiger partial charge on any atom is -0.381 e. The summed E-state index contributed by atoms with van der Waals surface area (Å²) in [5, 5.41) is 9.57. The molecule has 1 fully saturated rings. The minimum atomic E-state index is -0.885. The van der Waals surface area contributed by atoms with Crippen LogP contribution in [0.2, 0.25) is 0 Å². The molecule has 0 atom stereocenters. The number of hydrogen-bond donors (Lipinski definition) is 0. The lowest BCUT2D eigenvalue weighted by Crippen LogP contribution is -2.47. The Kier molecular flexibility index (Phi) is 4.73. The van der Waals surface area contributed by atoms with Crippen molar-refractivity contribution in [3.05, 3.63) is 41.0 Å². The molecule has 0 N–H and O–H groups in total. The zero-order valence-corrected chi connectivity index (χ0v) is 14.5. The fourth-order valence-electron chi connectivity index (χ4n) is 3.67. The topological polar surface area (TPSA) is 53.3 Å². The van der Waals surface area contributed by atoms with E-state index in [2.05, 4.69) is 44.2 Å². The van der Waals surface area contributed by atoms with Crippen LogP contribution in [0, 0.1) is 30.6 Å². The second kappa shape index (κ2) is 6.78. The zero-order valence-electron chi connectivity index (χ0n) is 14.5. The van der Waals surface area contributed by atoms with Crippen LogP contribution in [0.4, 0.5) is 0 Å². The van der Waals surface area contributed by atoms with Gasteiger partial charge in [-0.15, -0.1) is 0 Å². The Balaban J connectivity index is 1.75. The summed E-state index contributed by atoms with van der Waals surface area (Å²) >= 11 is 0. The molecular formula is C20H24N2O2. The van der Waals surface area contributed by atoms with Crippen molar-refractivity contribution in [1.29, 1.82) is 5.26 Å². The molecule has 0 bridgehead atoms. The standard InChI is InChI=1S/C20H24N2O2/c1-15-11-16(2)13-18(12-15)17-3-7-22(8-4-17)19(23)20(14-21)5-9-24-10-6-20/h3,11-13H,4-10H2,1-2H3. The number of aryl methyl sites for hydroxylation is 2. The van der Waals surface area contributed by atoms with Gasteiger partial charge in [0.1, 0.15) is 5.41 Å². The third-order valence-corrected chi connectivity index (χ3v) is 5.06. The van der Waals surface area contributed by atoms with Gasteiger partial charge < -0.3 is 9.64 Å². The lowest BCUT2D eigenvalue weighted by atomic mass is 9.80. The summed E-state index contributed by atoms with van der Waals surface area (Å²) < 4.78 is 5.33. The number of hydrogen-bond acceptors (Lipinski definition) is 3. The smallest absolute Gasteiger partial charge is 0.243 e. The predicted octanol–water partition coefficient (Wildman–Crippen LogP) is 3.24. The van der Waals surface area contributed by atoms with E-state index in [-0.39, 0.29) is 5.91 Å². The summed E-state index contributed by atoms with van der Waals surface area (Å²) in [4.78, 5) is 14.7. The van der Waals surface area contributed by atoms with Gasteiger partial charge >= 0.3 is 0 Å². The first-order chi connectivity index (χ1) is 11.5. The van der Waals surface area contributed by atoms with Crippen molar-refractivity contribution in [2.75, 3.05) is 26.3 Å². The molecule has 4 nitrogen and oxygen atoms in total. The van der Waals surface area contributed by atoms with Crippen LogP contribution in [0.3, 0.4) is 0 Å². The summed E-state index contributed by atoms with van der Waals surface area (Å²) in [6.07, 6.45) is 3.99. The van der Waals surface area contributed by atoms with Crippen LogP contribution in [0.1, 0.15) is 36.0 Å². The highest BCUT2D eigenvalue weighted by Gasteiger charge is 2.43. The number of rotatable bonds is 2. The number of carbonyl (C=O) groups excluding carboxylic acids is 1. The summed E-state index contributed by atoms with van der Waals surface area (Å²) in [5.41, 5.74) is 4.18. The van der Waals surface area contributed by atoms with Gasteiger partial charge in [0.2, 0.25) is 5.91 Å². The van der Waals surface area contributed by atoms with E-state index in [0.29, 0.717) is 39.1 Å². The Morgan fingerprint density at radius 3 is 2.42 bits per heavy atom. The molecule has 3 rings (SSSR count). The largest absolute Gasteiger partial charge is 0.381 e. The second-order valence-corrected chi connectivity index (χ2v) is 6.91. The molecular weight excluding hydrogens is 300 g/mol. The van der Waals surface area contributed by atoms with Gasteiger partial charge in [0.05, 0.1) is 6.07 Å². The highest BCUT2D eigenvalue weighted by Crippen LogP contribution is 2.33. The van der Waals surface area contributed by atoms with E-state index in [1.54, 1.807) is 0 Å². The molecule has 1 aromatic rings. The van der Waals surface area contributed by atoms with Crippen LogP contribution in [0.25, 0.3) is 5.57 Å². The molecule has 1 saturated heterocycles. The predicted molar refractivity (Wildman–Crippen MR) is 93.2 cm³/mol. The van der Waals surface area contributed by atoms with Crippen LogP contribution < -0.4 is 0 Å². The summed E-state index contributed by atoms with van der Waals surface area (Å²) in [5.74, 6) is -0.0241. The fraction of sp³-hybridized carbons (Fsp3) is 0.500. The van der Waals surface area contributed by atoms with Gasteiger partial charge in [-0.2, -0.15) is 5.26 Å². The quantitative estimate of drug-likeness (QED) is 0.839. The first-order valence-corrected chi connectivity index (χ1v) is 8.60. The fourth-order valence-corrected chi connectivity index (χ4v) is 3.67. The Morgan fingerprint density at radius 2 is 1.88 bits per heavy atom. The number of nitriles is 1. The van der Waals surface area contributed by atoms with Crippen LogP contribution >= 0.6 is 0 Å². The summed E-state index contributed by atoms with van der Waals surface area (Å²) in [6, 6.07) is 8.85. The maximum absolute atomic E-state index is 12.9. The van der Waals surface area contributed by atoms with E-state index in [0.717, 1.165) is 6.42 Å². The average Bonchev–Trinajstić information content (AvgIpc) is 2.61. The highest BCUT2D eigenvalue weighted by atomic mass is 16.5. The van der Waals surface area contributed by atoms with Gasteiger partial charge in [-0.1, -0.05) is 35.4 Å². The van der Waals surface area contributed by atoms with Crippen LogP contribution in [0.5, 0.6) is 0 Å². The molecule has 0 saturated carbocycles. The molecule has 0 spiro atoms. The first-order valence-electron chi connectivity index (χ1n) is 8.60. The Bertz CT molecular complexity index is 689. The van der Waals surface area contributed by atoms with Gasteiger partial charge in [0.25, 0.3) is 0 Å². The number of benzene rings is 1. The van der Waals surface area contributed by atoms with Crippen molar-refractivity contribution >= 4 is 11.5 Å². The summed E-state index contributed by atoms with van der Waals surface area (Å²) in [6.45, 7) is 6.48. The van der Waals surface area contributed by atoms with Crippen LogP contribution in [-0.2, 0) is 9.53 Å². The maximum atomic E-state index is 12.9. The molecule has 0 radical (unpaired) electrons. The van der Waals surface area contributed by atoms with Gasteiger partial charge in [0.15, 0.2) is 0 Å². The van der Waals surface area contributed by atoms with E-state index < -0.39 is 5.41 Å². The molecule has 0 aliphatic carbocycles. The van der Waals surface area contributed by atoms with Gasteiger partial charge in [-0.3, -0.25) is 4.79 Å². The number of nitrogens with zero attached hydrogens (tertiary/aromatic N) is 2. The lowest BCUT2D eigenvalue weighted by Gasteiger charge is -2.36. The van der Waals surface area contributed by atoms with E-state index in [1.165, 1.54) is 22.3 Å². The van der Waals surface area contributed by atoms with Gasteiger partial charge in [0, 0.05) is 26.3 Å². The lowest BCUT2D eigenvalue weighted by molar-refractivity contribution is -0.143. The molecule has 1 aromatic carbocycles. The molecule has 0 unspecified atom stereocenters. The summed E-state index contributed by atoms with van der Waals surface area (Å²) in [7, 11) is 0. The van der Waals surface area contributed by atoms with Crippen molar-refractivity contribution in [3.8, 4) is 6.07 Å². The van der Waals surface area contributed by atoms with Gasteiger partial charge in [-0.25, -0.2) is 0 Å². The van der Waals surface area contributed by atoms with Crippen LogP contribution in [0.15, 0.2) is 24.3 Å². The van der Waals surface area contributed by atoms with Crippen molar-refractivity contribution in [3.63, 3.8) is 0 Å². The molecule has 0 aromatic heterocycles. The van der Waals surface area contributed by atoms with Crippen molar-refractivity contribution in [2.24, 2.45) is 5.41 Å². The maximum Gasteiger partial charge on any atom is 0.243 e. The van der Waals surface area contributed by atoms with Crippen molar-refractivity contribution in [2.45, 2.75) is 33.1 Å². The highest BCUT2D eigenvalue weighted by molar-refractivity contribution is 5.86. The molecule has 2 aliphatic rings. The minimum absolute atomic E-state index is 0.0241. The number of carbonyl (C=O) groups is 1. The molecule has 24 heavy (non-hydrogen) atoms. The molecule has 2 aliphatic heterocycles. The van der Waals surface area contributed by atoms with Crippen molar-refractivity contribution in [1.82, 2.24) is 4.90 Å². The van der Waals surface area contributed by atoms with Crippen LogP contribution in [-0.4, -0.2) is 37.1 Å². The Hall–Kier alpha value is -2.12. The normalized spacial score (nSPS) is 20.2. The van der Waals surface area contributed by atoms with E-state index >= 15 is 0 Å². The Labute approximate surface area is 143 Å². The monoisotopic (exact) mass is 324 g/mol. The molecule has 4 heteroatoms. The van der Waals surface area contributed by atoms with E-state index in [1.807, 2.05) is 4.90 Å². The third-order valence-electron chi connectivity index (χ3n) is 5.06. The third kappa shape index (κ3) is 3.22. The van der Waals surface area contributed by atoms with E-state index in [9.17, 15) is 10.1 Å². The molecule has 2 heterocycles. The Morgan fingerprint density at radius 1 is 1.21 bits per heavy atom. The number of amides is 1. The van der Waals surface area contributed by atoms with E-state index in [4.69, 9.17) is 4.74 Å². The van der Waals surface area contributed by atoms with Crippen molar-refractivity contribution < 1.29 is 9.53 Å². The molecule has 1 amide bonds. The second-order valence-electron chi connectivity index (χ2n) is 6.91.